The van der Waals surface area contributed by atoms with E-state index in [1.165, 1.54) is 24.0 Å². The van der Waals surface area contributed by atoms with Crippen LogP contribution in [-0.4, -0.2) is 16.3 Å². The average Bonchev–Trinajstić information content (AvgIpc) is 2.51. The maximum Gasteiger partial charge on any atom is 0.416 e. The van der Waals surface area contributed by atoms with Gasteiger partial charge in [-0.1, -0.05) is 32.0 Å². The summed E-state index contributed by atoms with van der Waals surface area (Å²) in [7, 11) is 1.53. The molecule has 0 aliphatic carbocycles. The van der Waals surface area contributed by atoms with Gasteiger partial charge in [0.2, 0.25) is 0 Å². The first kappa shape index (κ1) is 18.5. The van der Waals surface area contributed by atoms with Crippen molar-refractivity contribution in [1.82, 2.24) is 9.78 Å². The Morgan fingerprint density at radius 2 is 1.88 bits per heavy atom. The molecule has 8 heteroatoms. The highest BCUT2D eigenvalue weighted by Crippen LogP contribution is 2.33. The van der Waals surface area contributed by atoms with Gasteiger partial charge in [-0.3, -0.25) is 4.79 Å². The quantitative estimate of drug-likeness (QED) is 0.840. The molecule has 0 aliphatic rings. The molecule has 1 aromatic carbocycles. The van der Waals surface area contributed by atoms with Crippen molar-refractivity contribution >= 4 is 21.6 Å². The summed E-state index contributed by atoms with van der Waals surface area (Å²) in [6, 6.07) is 5.26. The Kier molecular flexibility index (Phi) is 5.08. The Hall–Kier alpha value is -1.83. The Morgan fingerprint density at radius 3 is 2.50 bits per heavy atom. The van der Waals surface area contributed by atoms with Crippen LogP contribution < -0.4 is 10.9 Å². The normalized spacial score (nSPS) is 12.3. The number of hydrogen-bond acceptors (Lipinski definition) is 3. The number of aromatic nitrogens is 2. The van der Waals surface area contributed by atoms with Gasteiger partial charge in [-0.15, -0.1) is 0 Å². The van der Waals surface area contributed by atoms with E-state index in [2.05, 4.69) is 26.3 Å². The molecule has 130 valence electrons. The molecule has 0 atom stereocenters. The third-order valence-electron chi connectivity index (χ3n) is 3.77. The predicted molar refractivity (Wildman–Crippen MR) is 90.1 cm³/mol. The summed E-state index contributed by atoms with van der Waals surface area (Å²) in [5.41, 5.74) is -0.501. The highest BCUT2D eigenvalue weighted by Gasteiger charge is 2.32. The fourth-order valence-corrected chi connectivity index (χ4v) is 2.67. The second-order valence-electron chi connectivity index (χ2n) is 6.12. The lowest BCUT2D eigenvalue weighted by atomic mass is 9.83. The standard InChI is InChI=1S/C16H17BrF3N3O/c1-15(2,10-5-4-6-11(7-10)16(18,19)20)9-21-12-8-22-23(3)14(24)13(12)17/h4-8,21H,9H2,1-3H3. The summed E-state index contributed by atoms with van der Waals surface area (Å²) in [5.74, 6) is 0. The summed E-state index contributed by atoms with van der Waals surface area (Å²) in [6.07, 6.45) is -2.88. The van der Waals surface area contributed by atoms with Crippen molar-refractivity contribution in [2.75, 3.05) is 11.9 Å². The van der Waals surface area contributed by atoms with Crippen LogP contribution in [0.2, 0.25) is 0 Å². The highest BCUT2D eigenvalue weighted by molar-refractivity contribution is 9.10. The Labute approximate surface area is 145 Å². The number of aryl methyl sites for hydroxylation is 1. The van der Waals surface area contributed by atoms with Gasteiger partial charge in [0, 0.05) is 19.0 Å². The van der Waals surface area contributed by atoms with Crippen molar-refractivity contribution in [3.63, 3.8) is 0 Å². The van der Waals surface area contributed by atoms with Gasteiger partial charge in [-0.25, -0.2) is 4.68 Å². The van der Waals surface area contributed by atoms with Crippen LogP contribution in [0, 0.1) is 0 Å². The SMILES string of the molecule is Cn1ncc(NCC(C)(C)c2cccc(C(F)(F)F)c2)c(Br)c1=O. The van der Waals surface area contributed by atoms with Crippen LogP contribution in [0.5, 0.6) is 0 Å². The van der Waals surface area contributed by atoms with Crippen molar-refractivity contribution < 1.29 is 13.2 Å². The monoisotopic (exact) mass is 403 g/mol. The maximum atomic E-state index is 12.9. The van der Waals surface area contributed by atoms with Gasteiger partial charge in [0.05, 0.1) is 17.4 Å². The van der Waals surface area contributed by atoms with E-state index >= 15 is 0 Å². The van der Waals surface area contributed by atoms with Gasteiger partial charge in [-0.2, -0.15) is 18.3 Å². The molecule has 2 aromatic rings. The molecule has 0 fully saturated rings. The van der Waals surface area contributed by atoms with Gasteiger partial charge in [0.1, 0.15) is 4.47 Å². The zero-order valence-corrected chi connectivity index (χ0v) is 15.0. The second-order valence-corrected chi connectivity index (χ2v) is 6.91. The number of hydrogen-bond donors (Lipinski definition) is 1. The molecule has 0 amide bonds. The third kappa shape index (κ3) is 3.98. The molecular formula is C16H17BrF3N3O. The number of halogens is 4. The third-order valence-corrected chi connectivity index (χ3v) is 4.54. The van der Waals surface area contributed by atoms with Crippen LogP contribution >= 0.6 is 15.9 Å². The molecule has 0 bridgehead atoms. The van der Waals surface area contributed by atoms with Gasteiger partial charge >= 0.3 is 6.18 Å². The number of nitrogens with one attached hydrogen (secondary N) is 1. The fraction of sp³-hybridized carbons (Fsp3) is 0.375. The average molecular weight is 404 g/mol. The minimum Gasteiger partial charge on any atom is -0.382 e. The van der Waals surface area contributed by atoms with E-state index in [0.29, 0.717) is 22.3 Å². The molecule has 4 nitrogen and oxygen atoms in total. The lowest BCUT2D eigenvalue weighted by Crippen LogP contribution is -2.29. The van der Waals surface area contributed by atoms with Gasteiger partial charge in [0.25, 0.3) is 5.56 Å². The topological polar surface area (TPSA) is 46.9 Å². The molecule has 1 N–H and O–H groups in total. The molecule has 0 spiro atoms. The predicted octanol–water partition coefficient (Wildman–Crippen LogP) is 3.95. The number of benzene rings is 1. The summed E-state index contributed by atoms with van der Waals surface area (Å²) in [6.45, 7) is 4.00. The minimum atomic E-state index is -4.38. The van der Waals surface area contributed by atoms with E-state index in [4.69, 9.17) is 0 Å². The number of nitrogens with zero attached hydrogens (tertiary/aromatic N) is 2. The molecule has 24 heavy (non-hydrogen) atoms. The van der Waals surface area contributed by atoms with Gasteiger partial charge in [0.15, 0.2) is 0 Å². The first-order valence-electron chi connectivity index (χ1n) is 7.16. The first-order valence-corrected chi connectivity index (χ1v) is 7.95. The van der Waals surface area contributed by atoms with Crippen LogP contribution in [0.15, 0.2) is 39.7 Å². The molecule has 0 saturated heterocycles. The lowest BCUT2D eigenvalue weighted by Gasteiger charge is -2.27. The largest absolute Gasteiger partial charge is 0.416 e. The summed E-state index contributed by atoms with van der Waals surface area (Å²) >= 11 is 3.21. The zero-order valence-electron chi connectivity index (χ0n) is 13.4. The van der Waals surface area contributed by atoms with Crippen molar-refractivity contribution in [2.45, 2.75) is 25.4 Å². The van der Waals surface area contributed by atoms with Crippen molar-refractivity contribution in [3.8, 4) is 0 Å². The van der Waals surface area contributed by atoms with E-state index < -0.39 is 17.2 Å². The van der Waals surface area contributed by atoms with E-state index in [0.717, 1.165) is 12.1 Å². The van der Waals surface area contributed by atoms with Gasteiger partial charge < -0.3 is 5.32 Å². The molecule has 0 radical (unpaired) electrons. The van der Waals surface area contributed by atoms with E-state index in [-0.39, 0.29) is 5.56 Å². The van der Waals surface area contributed by atoms with Crippen LogP contribution in [0.4, 0.5) is 18.9 Å². The number of alkyl halides is 3. The van der Waals surface area contributed by atoms with Crippen LogP contribution in [-0.2, 0) is 18.6 Å². The zero-order chi connectivity index (χ0) is 18.1. The van der Waals surface area contributed by atoms with Crippen LogP contribution in [0.3, 0.4) is 0 Å². The lowest BCUT2D eigenvalue weighted by molar-refractivity contribution is -0.137. The number of rotatable bonds is 4. The summed E-state index contributed by atoms with van der Waals surface area (Å²) < 4.78 is 40.1. The van der Waals surface area contributed by atoms with Crippen molar-refractivity contribution in [3.05, 3.63) is 56.4 Å². The molecule has 0 aliphatic heterocycles. The second kappa shape index (κ2) is 6.58. The molecule has 0 unspecified atom stereocenters. The molecule has 1 aromatic heterocycles. The Morgan fingerprint density at radius 1 is 1.25 bits per heavy atom. The van der Waals surface area contributed by atoms with E-state index in [1.807, 2.05) is 13.8 Å². The summed E-state index contributed by atoms with van der Waals surface area (Å²) in [4.78, 5) is 11.8. The number of anilines is 1. The van der Waals surface area contributed by atoms with Crippen LogP contribution in [0.1, 0.15) is 25.0 Å². The van der Waals surface area contributed by atoms with E-state index in [1.54, 1.807) is 6.07 Å². The minimum absolute atomic E-state index is 0.295. The fourth-order valence-electron chi connectivity index (χ4n) is 2.17. The Balaban J connectivity index is 2.23. The highest BCUT2D eigenvalue weighted by atomic mass is 79.9. The van der Waals surface area contributed by atoms with Crippen LogP contribution in [0.25, 0.3) is 0 Å². The maximum absolute atomic E-state index is 12.9. The molecular weight excluding hydrogens is 387 g/mol. The molecule has 2 rings (SSSR count). The summed E-state index contributed by atoms with van der Waals surface area (Å²) in [5, 5.41) is 7.00. The van der Waals surface area contributed by atoms with Crippen molar-refractivity contribution in [2.24, 2.45) is 7.05 Å². The molecule has 0 saturated carbocycles. The van der Waals surface area contributed by atoms with Gasteiger partial charge in [-0.05, 0) is 27.6 Å². The Bertz CT molecular complexity index is 800. The van der Waals surface area contributed by atoms with E-state index in [9.17, 15) is 18.0 Å². The molecule has 1 heterocycles. The smallest absolute Gasteiger partial charge is 0.382 e. The first-order chi connectivity index (χ1) is 11.0. The van der Waals surface area contributed by atoms with Crippen molar-refractivity contribution in [1.29, 1.82) is 0 Å².